The van der Waals surface area contributed by atoms with Crippen LogP contribution in [0.3, 0.4) is 0 Å². The van der Waals surface area contributed by atoms with E-state index in [1.54, 1.807) is 225 Å². The van der Waals surface area contributed by atoms with E-state index in [2.05, 4.69) is 4.90 Å². The first-order valence-electron chi connectivity index (χ1n) is 30.1. The molecule has 14 fully saturated rings. The molecule has 14 rings (SSSR count). The molecule has 1 saturated heterocycles. The van der Waals surface area contributed by atoms with Crippen LogP contribution in [-0.2, 0) is 0 Å². The van der Waals surface area contributed by atoms with Crippen LogP contribution in [0.4, 0.5) is 0 Å². The predicted octanol–water partition coefficient (Wildman–Crippen LogP) is 15.8. The summed E-state index contributed by atoms with van der Waals surface area (Å²) in [5.41, 5.74) is 0. The van der Waals surface area contributed by atoms with Crippen LogP contribution in [-0.4, -0.2) is 23.0 Å². The van der Waals surface area contributed by atoms with E-state index in [4.69, 9.17) is 0 Å². The summed E-state index contributed by atoms with van der Waals surface area (Å²) < 4.78 is 0. The van der Waals surface area contributed by atoms with E-state index in [1.807, 2.05) is 0 Å². The first kappa shape index (κ1) is 40.1. The number of rotatable bonds is 3. The van der Waals surface area contributed by atoms with Crippen LogP contribution in [0.2, 0.25) is 0 Å². The topological polar surface area (TPSA) is 3.24 Å². The van der Waals surface area contributed by atoms with Crippen LogP contribution in [0.5, 0.6) is 0 Å². The maximum absolute atomic E-state index is 3.62. The quantitative estimate of drug-likeness (QED) is 0.274. The van der Waals surface area contributed by atoms with E-state index >= 15 is 0 Å². The standard InChI is InChI=1S/C60H95N/c1-3-16-37(17-4-1)56-50-34-48-43-26-13-20-36-21-14-27-44(55(36)43)49(48)35-51(50)57(38-18-5-2-6-19-38)60-47-32-33-54(45-28-15-29-46(58(45)47)59(56)60)61-52-30-11-9-24-41(52)39-22-7-8-23-40(39)42-25-10-12-31-53(42)61/h36-60H,1-35H2. The summed E-state index contributed by atoms with van der Waals surface area (Å²) >= 11 is 0. The summed E-state index contributed by atoms with van der Waals surface area (Å²) in [5.74, 6) is 24.7. The molecular formula is C60H95N. The van der Waals surface area contributed by atoms with Gasteiger partial charge in [0.05, 0.1) is 0 Å². The second-order valence-electron chi connectivity index (χ2n) is 27.5. The van der Waals surface area contributed by atoms with E-state index in [0.717, 1.165) is 142 Å². The van der Waals surface area contributed by atoms with Gasteiger partial charge in [-0.2, -0.15) is 0 Å². The van der Waals surface area contributed by atoms with Crippen LogP contribution in [0.25, 0.3) is 0 Å². The summed E-state index contributed by atoms with van der Waals surface area (Å²) in [6, 6.07) is 2.90. The second kappa shape index (κ2) is 16.3. The highest BCUT2D eigenvalue weighted by Crippen LogP contribution is 2.75. The Kier molecular flexibility index (Phi) is 10.7. The summed E-state index contributed by atoms with van der Waals surface area (Å²) in [6.45, 7) is 0. The fraction of sp³-hybridized carbons (Fsp3) is 1.00. The minimum absolute atomic E-state index is 0.964. The Hall–Kier alpha value is -0.0400. The van der Waals surface area contributed by atoms with Crippen molar-refractivity contribution in [2.45, 2.75) is 243 Å². The normalized spacial score (nSPS) is 57.1. The van der Waals surface area contributed by atoms with Gasteiger partial charge in [-0.05, 0) is 220 Å². The Morgan fingerprint density at radius 2 is 0.557 bits per heavy atom. The summed E-state index contributed by atoms with van der Waals surface area (Å²) in [4.78, 5) is 3.62. The summed E-state index contributed by atoms with van der Waals surface area (Å²) in [7, 11) is 0. The Morgan fingerprint density at radius 3 is 1.11 bits per heavy atom. The molecule has 13 aliphatic carbocycles. The van der Waals surface area contributed by atoms with Crippen molar-refractivity contribution in [3.05, 3.63) is 0 Å². The minimum Gasteiger partial charge on any atom is -0.294 e. The molecule has 0 radical (unpaired) electrons. The van der Waals surface area contributed by atoms with Crippen LogP contribution in [0.15, 0.2) is 0 Å². The molecule has 340 valence electrons. The molecule has 1 heterocycles. The average molecular weight is 830 g/mol. The van der Waals surface area contributed by atoms with Gasteiger partial charge in [0.2, 0.25) is 0 Å². The minimum atomic E-state index is 0.964. The third-order valence-corrected chi connectivity index (χ3v) is 26.3. The van der Waals surface area contributed by atoms with Gasteiger partial charge in [-0.3, -0.25) is 4.90 Å². The third-order valence-electron chi connectivity index (χ3n) is 26.3. The zero-order valence-electron chi connectivity index (χ0n) is 39.6. The molecule has 0 amide bonds. The van der Waals surface area contributed by atoms with Crippen molar-refractivity contribution in [2.24, 2.45) is 130 Å². The molecule has 0 aromatic rings. The Morgan fingerprint density at radius 1 is 0.180 bits per heavy atom. The van der Waals surface area contributed by atoms with Crippen molar-refractivity contribution in [2.75, 3.05) is 0 Å². The highest BCUT2D eigenvalue weighted by atomic mass is 15.2. The van der Waals surface area contributed by atoms with Gasteiger partial charge in [0.15, 0.2) is 0 Å². The van der Waals surface area contributed by atoms with Crippen molar-refractivity contribution in [1.29, 1.82) is 0 Å². The van der Waals surface area contributed by atoms with Crippen LogP contribution >= 0.6 is 0 Å². The molecule has 0 N–H and O–H groups in total. The van der Waals surface area contributed by atoms with Gasteiger partial charge in [0.1, 0.15) is 0 Å². The molecule has 61 heavy (non-hydrogen) atoms. The number of likely N-dealkylation sites (tertiary alicyclic amines) is 1. The summed E-state index contributed by atoms with van der Waals surface area (Å²) in [6.07, 6.45) is 56.6. The Balaban J connectivity index is 0.858. The molecule has 1 heteroatoms. The number of fused-ring (bicyclic) bond motifs is 12. The van der Waals surface area contributed by atoms with E-state index < -0.39 is 0 Å². The monoisotopic (exact) mass is 830 g/mol. The lowest BCUT2D eigenvalue weighted by atomic mass is 9.44. The van der Waals surface area contributed by atoms with E-state index in [-0.39, 0.29) is 0 Å². The van der Waals surface area contributed by atoms with Gasteiger partial charge in [0, 0.05) is 18.1 Å². The van der Waals surface area contributed by atoms with E-state index in [0.29, 0.717) is 0 Å². The van der Waals surface area contributed by atoms with Crippen molar-refractivity contribution in [3.63, 3.8) is 0 Å². The van der Waals surface area contributed by atoms with Crippen molar-refractivity contribution in [3.8, 4) is 0 Å². The molecule has 0 spiro atoms. The molecule has 1 aliphatic heterocycles. The number of nitrogens with zero attached hydrogens (tertiary/aromatic N) is 1. The van der Waals surface area contributed by atoms with Crippen LogP contribution in [0.1, 0.15) is 225 Å². The van der Waals surface area contributed by atoms with Crippen LogP contribution < -0.4 is 0 Å². The third kappa shape index (κ3) is 6.22. The molecule has 0 aromatic carbocycles. The first-order chi connectivity index (χ1) is 30.3. The molecule has 13 saturated carbocycles. The predicted molar refractivity (Wildman–Crippen MR) is 252 cm³/mol. The molecule has 23 atom stereocenters. The fourth-order valence-electron chi connectivity index (χ4n) is 25.4. The average Bonchev–Trinajstić information content (AvgIpc) is 3.78. The fourth-order valence-corrected chi connectivity index (χ4v) is 25.4. The lowest BCUT2D eigenvalue weighted by Gasteiger charge is -2.61. The lowest BCUT2D eigenvalue weighted by Crippen LogP contribution is -2.60. The molecule has 1 nitrogen and oxygen atoms in total. The van der Waals surface area contributed by atoms with Gasteiger partial charge in [-0.15, -0.1) is 0 Å². The smallest absolute Gasteiger partial charge is 0.0133 e. The zero-order chi connectivity index (χ0) is 39.8. The van der Waals surface area contributed by atoms with E-state index in [9.17, 15) is 0 Å². The van der Waals surface area contributed by atoms with Crippen molar-refractivity contribution >= 4 is 0 Å². The Bertz CT molecular complexity index is 1440. The second-order valence-corrected chi connectivity index (χ2v) is 27.5. The zero-order valence-corrected chi connectivity index (χ0v) is 39.6. The molecule has 14 aliphatic rings. The van der Waals surface area contributed by atoms with Crippen LogP contribution in [0, 0.1) is 130 Å². The first-order valence-corrected chi connectivity index (χ1v) is 30.1. The maximum Gasteiger partial charge on any atom is 0.0133 e. The number of hydrogen-bond acceptors (Lipinski definition) is 1. The highest BCUT2D eigenvalue weighted by molar-refractivity contribution is 5.18. The SMILES string of the molecule is C1CCC(C2C3CC4C(CC3C(C3CCCCC3)C3C5CCC(N6C7CCCCC7C7CCCCC7C7CCCCC76)C6CCCC(C56)C23)C2CCCC3CCCC4C32)CC1. The van der Waals surface area contributed by atoms with E-state index in [1.165, 1.54) is 5.92 Å². The van der Waals surface area contributed by atoms with Gasteiger partial charge in [-0.1, -0.05) is 135 Å². The van der Waals surface area contributed by atoms with Crippen molar-refractivity contribution in [1.82, 2.24) is 4.90 Å². The summed E-state index contributed by atoms with van der Waals surface area (Å²) in [5, 5.41) is 0. The lowest BCUT2D eigenvalue weighted by molar-refractivity contribution is -0.128. The molecule has 0 bridgehead atoms. The van der Waals surface area contributed by atoms with Gasteiger partial charge in [-0.25, -0.2) is 0 Å². The van der Waals surface area contributed by atoms with Gasteiger partial charge >= 0.3 is 0 Å². The highest BCUT2D eigenvalue weighted by Gasteiger charge is 2.69. The molecule has 0 aromatic heterocycles. The maximum atomic E-state index is 3.62. The largest absolute Gasteiger partial charge is 0.294 e. The molecule has 23 unspecified atom stereocenters. The van der Waals surface area contributed by atoms with Gasteiger partial charge in [0.25, 0.3) is 0 Å². The van der Waals surface area contributed by atoms with Crippen molar-refractivity contribution < 1.29 is 0 Å². The number of hydrogen-bond donors (Lipinski definition) is 0. The Labute approximate surface area is 376 Å². The van der Waals surface area contributed by atoms with Gasteiger partial charge < -0.3 is 0 Å². The molecular weight excluding hydrogens is 735 g/mol.